The molecule has 1 aliphatic rings. The van der Waals surface area contributed by atoms with Gasteiger partial charge in [-0.3, -0.25) is 9.59 Å². The van der Waals surface area contributed by atoms with Crippen molar-refractivity contribution in [1.82, 2.24) is 0 Å². The van der Waals surface area contributed by atoms with E-state index in [9.17, 15) is 9.59 Å². The number of ether oxygens (including phenoxy) is 1. The number of amides is 2. The molecule has 0 saturated carbocycles. The molecule has 162 valence electrons. The molecule has 1 aliphatic heterocycles. The van der Waals surface area contributed by atoms with Crippen LogP contribution >= 0.6 is 11.6 Å². The Morgan fingerprint density at radius 2 is 1.62 bits per heavy atom. The summed E-state index contributed by atoms with van der Waals surface area (Å²) in [6.45, 7) is 6.34. The fourth-order valence-corrected chi connectivity index (χ4v) is 3.87. The van der Waals surface area contributed by atoms with Gasteiger partial charge in [-0.1, -0.05) is 54.1 Å². The molecule has 2 amide bonds. The number of carbonyl (C=O) groups excluding carboxylic acids is 2. The van der Waals surface area contributed by atoms with Crippen LogP contribution in [0.5, 0.6) is 5.75 Å². The molecule has 0 unspecified atom stereocenters. The number of hydrogen-bond donors (Lipinski definition) is 1. The van der Waals surface area contributed by atoms with Gasteiger partial charge in [-0.25, -0.2) is 4.90 Å². The molecule has 0 saturated heterocycles. The molecule has 0 aliphatic carbocycles. The van der Waals surface area contributed by atoms with Crippen molar-refractivity contribution in [3.05, 3.63) is 94.1 Å². The Kier molecular flexibility index (Phi) is 6.01. The summed E-state index contributed by atoms with van der Waals surface area (Å²) >= 11 is 6.34. The molecule has 0 bridgehead atoms. The zero-order valence-electron chi connectivity index (χ0n) is 18.1. The molecule has 3 aromatic carbocycles. The predicted octanol–water partition coefficient (Wildman–Crippen LogP) is 5.75. The Hall–Kier alpha value is -3.57. The smallest absolute Gasteiger partial charge is 0.282 e. The maximum atomic E-state index is 13.6. The maximum Gasteiger partial charge on any atom is 0.282 e. The van der Waals surface area contributed by atoms with E-state index in [1.165, 1.54) is 0 Å². The van der Waals surface area contributed by atoms with Crippen LogP contribution in [0.1, 0.15) is 23.6 Å². The minimum atomic E-state index is -0.470. The first-order valence-electron chi connectivity index (χ1n) is 10.4. The van der Waals surface area contributed by atoms with Crippen LogP contribution in [0.25, 0.3) is 5.57 Å². The summed E-state index contributed by atoms with van der Waals surface area (Å²) in [6, 6.07) is 19.9. The minimum absolute atomic E-state index is 0.185. The van der Waals surface area contributed by atoms with Crippen LogP contribution < -0.4 is 15.0 Å². The van der Waals surface area contributed by atoms with E-state index in [-0.39, 0.29) is 5.70 Å². The number of hydrogen-bond acceptors (Lipinski definition) is 4. The van der Waals surface area contributed by atoms with Crippen LogP contribution in [0.2, 0.25) is 5.02 Å². The molecule has 5 nitrogen and oxygen atoms in total. The Morgan fingerprint density at radius 1 is 0.906 bits per heavy atom. The fourth-order valence-electron chi connectivity index (χ4n) is 3.65. The van der Waals surface area contributed by atoms with Crippen LogP contribution in [0.15, 0.2) is 72.4 Å². The average molecular weight is 447 g/mol. The second-order valence-electron chi connectivity index (χ2n) is 7.50. The molecule has 1 heterocycles. The highest BCUT2D eigenvalue weighted by Crippen LogP contribution is 2.38. The third kappa shape index (κ3) is 3.87. The van der Waals surface area contributed by atoms with Crippen molar-refractivity contribution in [3.8, 4) is 5.75 Å². The number of anilines is 2. The highest BCUT2D eigenvalue weighted by atomic mass is 35.5. The minimum Gasteiger partial charge on any atom is -0.492 e. The monoisotopic (exact) mass is 446 g/mol. The quantitative estimate of drug-likeness (QED) is 0.489. The van der Waals surface area contributed by atoms with E-state index >= 15 is 0 Å². The zero-order valence-corrected chi connectivity index (χ0v) is 18.9. The van der Waals surface area contributed by atoms with Crippen molar-refractivity contribution in [2.24, 2.45) is 0 Å². The van der Waals surface area contributed by atoms with Gasteiger partial charge in [-0.05, 0) is 61.7 Å². The molecule has 0 fully saturated rings. The molecular weight excluding hydrogens is 424 g/mol. The highest BCUT2D eigenvalue weighted by Gasteiger charge is 2.41. The third-order valence-electron chi connectivity index (χ3n) is 5.42. The number of halogens is 1. The normalized spacial score (nSPS) is 13.7. The Bertz CT molecular complexity index is 1250. The third-order valence-corrected chi connectivity index (χ3v) is 5.74. The molecule has 0 atom stereocenters. The topological polar surface area (TPSA) is 58.6 Å². The largest absolute Gasteiger partial charge is 0.492 e. The number of nitrogens with zero attached hydrogens (tertiary/aromatic N) is 1. The molecular formula is C26H23ClN2O3. The number of aryl methyl sites for hydroxylation is 2. The van der Waals surface area contributed by atoms with E-state index < -0.39 is 11.8 Å². The molecule has 6 heteroatoms. The van der Waals surface area contributed by atoms with Gasteiger partial charge in [-0.15, -0.1) is 0 Å². The Labute approximate surface area is 192 Å². The summed E-state index contributed by atoms with van der Waals surface area (Å²) < 4.78 is 5.70. The van der Waals surface area contributed by atoms with E-state index in [1.54, 1.807) is 24.3 Å². The van der Waals surface area contributed by atoms with Gasteiger partial charge in [0.2, 0.25) is 0 Å². The average Bonchev–Trinajstić information content (AvgIpc) is 3.02. The van der Waals surface area contributed by atoms with Crippen molar-refractivity contribution in [3.63, 3.8) is 0 Å². The van der Waals surface area contributed by atoms with E-state index in [2.05, 4.69) is 5.32 Å². The molecule has 0 aromatic heterocycles. The fraction of sp³-hybridized carbons (Fsp3) is 0.154. The van der Waals surface area contributed by atoms with Gasteiger partial charge in [0.05, 0.1) is 28.6 Å². The van der Waals surface area contributed by atoms with Crippen LogP contribution in [0, 0.1) is 13.8 Å². The summed E-state index contributed by atoms with van der Waals surface area (Å²) in [7, 11) is 0. The van der Waals surface area contributed by atoms with Gasteiger partial charge in [0.25, 0.3) is 11.8 Å². The molecule has 32 heavy (non-hydrogen) atoms. The van der Waals surface area contributed by atoms with Crippen molar-refractivity contribution >= 4 is 40.4 Å². The molecule has 0 radical (unpaired) electrons. The van der Waals surface area contributed by atoms with E-state index in [0.29, 0.717) is 39.9 Å². The number of carbonyl (C=O) groups is 2. The summed E-state index contributed by atoms with van der Waals surface area (Å²) in [5.74, 6) is -0.302. The zero-order chi connectivity index (χ0) is 22.8. The summed E-state index contributed by atoms with van der Waals surface area (Å²) in [6.07, 6.45) is 0. The van der Waals surface area contributed by atoms with Crippen LogP contribution in [-0.4, -0.2) is 18.4 Å². The highest BCUT2D eigenvalue weighted by molar-refractivity contribution is 6.48. The predicted molar refractivity (Wildman–Crippen MR) is 128 cm³/mol. The van der Waals surface area contributed by atoms with Crippen molar-refractivity contribution < 1.29 is 14.3 Å². The van der Waals surface area contributed by atoms with E-state index in [4.69, 9.17) is 16.3 Å². The summed E-state index contributed by atoms with van der Waals surface area (Å²) in [5.41, 5.74) is 4.23. The lowest BCUT2D eigenvalue weighted by Crippen LogP contribution is -2.32. The van der Waals surface area contributed by atoms with Crippen LogP contribution in [-0.2, 0) is 9.59 Å². The van der Waals surface area contributed by atoms with Gasteiger partial charge in [0.15, 0.2) is 0 Å². The van der Waals surface area contributed by atoms with Crippen LogP contribution in [0.4, 0.5) is 11.4 Å². The van der Waals surface area contributed by atoms with Crippen molar-refractivity contribution in [2.45, 2.75) is 20.8 Å². The van der Waals surface area contributed by atoms with Gasteiger partial charge in [0, 0.05) is 0 Å². The van der Waals surface area contributed by atoms with Gasteiger partial charge < -0.3 is 10.1 Å². The SMILES string of the molecule is CCOc1ccccc1NC1=C(c2ccc(C)c(C)c2)C(=O)N(c2ccccc2Cl)C1=O. The van der Waals surface area contributed by atoms with E-state index in [1.807, 2.05) is 63.2 Å². The first kappa shape index (κ1) is 21.7. The van der Waals surface area contributed by atoms with Crippen molar-refractivity contribution in [1.29, 1.82) is 0 Å². The van der Waals surface area contributed by atoms with E-state index in [0.717, 1.165) is 16.0 Å². The van der Waals surface area contributed by atoms with Gasteiger partial charge >= 0.3 is 0 Å². The molecule has 1 N–H and O–H groups in total. The second-order valence-corrected chi connectivity index (χ2v) is 7.91. The number of benzene rings is 3. The molecule has 3 aromatic rings. The lowest BCUT2D eigenvalue weighted by molar-refractivity contribution is -0.120. The lowest BCUT2D eigenvalue weighted by atomic mass is 9.99. The van der Waals surface area contributed by atoms with Crippen molar-refractivity contribution in [2.75, 3.05) is 16.8 Å². The van der Waals surface area contributed by atoms with Gasteiger partial charge in [-0.2, -0.15) is 0 Å². The summed E-state index contributed by atoms with van der Waals surface area (Å²) in [5, 5.41) is 3.50. The summed E-state index contributed by atoms with van der Waals surface area (Å²) in [4.78, 5) is 28.3. The number of nitrogens with one attached hydrogen (secondary N) is 1. The first-order chi connectivity index (χ1) is 15.4. The first-order valence-corrected chi connectivity index (χ1v) is 10.7. The molecule has 0 spiro atoms. The second kappa shape index (κ2) is 8.89. The van der Waals surface area contributed by atoms with Crippen LogP contribution in [0.3, 0.4) is 0 Å². The lowest BCUT2D eigenvalue weighted by Gasteiger charge is -2.17. The number of para-hydroxylation sites is 3. The Balaban J connectivity index is 1.87. The number of imide groups is 1. The Morgan fingerprint density at radius 3 is 2.34 bits per heavy atom. The maximum absolute atomic E-state index is 13.6. The molecule has 4 rings (SSSR count). The standard InChI is InChI=1S/C26H23ClN2O3/c1-4-32-22-12-8-6-10-20(22)28-24-23(18-14-13-16(2)17(3)15-18)25(30)29(26(24)31)21-11-7-5-9-19(21)27/h5-15,28H,4H2,1-3H3. The number of rotatable bonds is 6. The van der Waals surface area contributed by atoms with Gasteiger partial charge in [0.1, 0.15) is 11.4 Å².